The quantitative estimate of drug-likeness (QED) is 0.492. The molecular formula is C15H19N3O4. The Bertz CT molecular complexity index is 535. The Morgan fingerprint density at radius 2 is 2.14 bits per heavy atom. The molecule has 0 amide bonds. The molecular weight excluding hydrogens is 286 g/mol. The minimum atomic E-state index is -0.376. The Kier molecular flexibility index (Phi) is 4.92. The van der Waals surface area contributed by atoms with Crippen LogP contribution in [-0.2, 0) is 20.8 Å². The lowest BCUT2D eigenvalue weighted by Gasteiger charge is -2.22. The van der Waals surface area contributed by atoms with Gasteiger partial charge in [-0.15, -0.1) is 0 Å². The van der Waals surface area contributed by atoms with Crippen LogP contribution in [0.1, 0.15) is 12.0 Å². The number of ether oxygens (including phenoxy) is 3. The van der Waals surface area contributed by atoms with Gasteiger partial charge in [0.2, 0.25) is 0 Å². The zero-order valence-electron chi connectivity index (χ0n) is 12.1. The maximum Gasteiger partial charge on any atom is 0.115 e. The SMILES string of the molecule is [N-]=[N+]=NC[C@H]1C[C@@H]2O[C@H](CO)[C@@H](OCc3ccccc3)[C@@H]2O1. The molecule has 0 radical (unpaired) electrons. The molecule has 2 heterocycles. The Morgan fingerprint density at radius 1 is 1.32 bits per heavy atom. The fraction of sp³-hybridized carbons (Fsp3) is 0.600. The van der Waals surface area contributed by atoms with Crippen LogP contribution in [-0.4, -0.2) is 48.8 Å². The van der Waals surface area contributed by atoms with E-state index in [0.717, 1.165) is 5.56 Å². The van der Waals surface area contributed by atoms with E-state index in [1.165, 1.54) is 0 Å². The number of fused-ring (bicyclic) bond motifs is 1. The van der Waals surface area contributed by atoms with Crippen LogP contribution in [0.2, 0.25) is 0 Å². The van der Waals surface area contributed by atoms with E-state index in [0.29, 0.717) is 19.6 Å². The molecule has 3 rings (SSSR count). The first kappa shape index (κ1) is 15.3. The molecule has 1 aromatic rings. The summed E-state index contributed by atoms with van der Waals surface area (Å²) >= 11 is 0. The summed E-state index contributed by atoms with van der Waals surface area (Å²) in [6.07, 6.45) is -0.513. The van der Waals surface area contributed by atoms with Gasteiger partial charge in [0.25, 0.3) is 0 Å². The van der Waals surface area contributed by atoms with Crippen LogP contribution >= 0.6 is 0 Å². The van der Waals surface area contributed by atoms with Gasteiger partial charge in [-0.25, -0.2) is 0 Å². The normalized spacial score (nSPS) is 33.4. The van der Waals surface area contributed by atoms with Crippen molar-refractivity contribution in [3.63, 3.8) is 0 Å². The molecule has 22 heavy (non-hydrogen) atoms. The summed E-state index contributed by atoms with van der Waals surface area (Å²) in [6, 6.07) is 9.84. The first-order valence-electron chi connectivity index (χ1n) is 7.40. The third-order valence-corrected chi connectivity index (χ3v) is 4.06. The zero-order chi connectivity index (χ0) is 15.4. The Labute approximate surface area is 128 Å². The highest BCUT2D eigenvalue weighted by atomic mass is 16.6. The molecule has 5 atom stereocenters. The lowest BCUT2D eigenvalue weighted by Crippen LogP contribution is -2.37. The molecule has 2 aliphatic heterocycles. The maximum absolute atomic E-state index is 9.47. The average molecular weight is 305 g/mol. The number of aliphatic hydroxyl groups excluding tert-OH is 1. The highest BCUT2D eigenvalue weighted by molar-refractivity contribution is 5.13. The molecule has 2 fully saturated rings. The van der Waals surface area contributed by atoms with Crippen molar-refractivity contribution in [2.24, 2.45) is 5.11 Å². The van der Waals surface area contributed by atoms with Crippen LogP contribution in [0.15, 0.2) is 35.4 Å². The van der Waals surface area contributed by atoms with Gasteiger partial charge in [-0.05, 0) is 11.1 Å². The van der Waals surface area contributed by atoms with Crippen LogP contribution in [0.3, 0.4) is 0 Å². The van der Waals surface area contributed by atoms with Gasteiger partial charge in [-0.3, -0.25) is 0 Å². The molecule has 1 N–H and O–H groups in total. The minimum Gasteiger partial charge on any atom is -0.394 e. The molecule has 0 unspecified atom stereocenters. The number of hydrogen-bond donors (Lipinski definition) is 1. The van der Waals surface area contributed by atoms with Crippen molar-refractivity contribution in [3.8, 4) is 0 Å². The maximum atomic E-state index is 9.47. The number of azide groups is 1. The lowest BCUT2D eigenvalue weighted by molar-refractivity contribution is -0.0903. The lowest BCUT2D eigenvalue weighted by atomic mass is 10.1. The molecule has 1 aromatic carbocycles. The highest BCUT2D eigenvalue weighted by Gasteiger charge is 2.51. The van der Waals surface area contributed by atoms with Crippen molar-refractivity contribution in [1.29, 1.82) is 0 Å². The second-order valence-corrected chi connectivity index (χ2v) is 5.53. The predicted octanol–water partition coefficient (Wildman–Crippen LogP) is 1.80. The molecule has 118 valence electrons. The molecule has 7 heteroatoms. The fourth-order valence-electron chi connectivity index (χ4n) is 3.06. The van der Waals surface area contributed by atoms with Gasteiger partial charge in [-0.1, -0.05) is 35.4 Å². The van der Waals surface area contributed by atoms with E-state index in [1.54, 1.807) is 0 Å². The second kappa shape index (κ2) is 7.09. The van der Waals surface area contributed by atoms with Crippen LogP contribution < -0.4 is 0 Å². The Hall–Kier alpha value is -1.63. The molecule has 0 aromatic heterocycles. The van der Waals surface area contributed by atoms with E-state index in [-0.39, 0.29) is 37.1 Å². The van der Waals surface area contributed by atoms with E-state index in [2.05, 4.69) is 10.0 Å². The van der Waals surface area contributed by atoms with Crippen molar-refractivity contribution in [1.82, 2.24) is 0 Å². The largest absolute Gasteiger partial charge is 0.394 e. The van der Waals surface area contributed by atoms with Gasteiger partial charge in [0.05, 0.1) is 32.0 Å². The summed E-state index contributed by atoms with van der Waals surface area (Å²) in [4.78, 5) is 2.75. The van der Waals surface area contributed by atoms with E-state index < -0.39 is 0 Å². The molecule has 0 bridgehead atoms. The summed E-state index contributed by atoms with van der Waals surface area (Å²) in [5.41, 5.74) is 9.45. The van der Waals surface area contributed by atoms with Crippen molar-refractivity contribution in [3.05, 3.63) is 46.3 Å². The summed E-state index contributed by atoms with van der Waals surface area (Å²) in [5.74, 6) is 0. The topological polar surface area (TPSA) is 96.7 Å². The summed E-state index contributed by atoms with van der Waals surface area (Å²) < 4.78 is 17.7. The Morgan fingerprint density at radius 3 is 2.86 bits per heavy atom. The number of nitrogens with zero attached hydrogens (tertiary/aromatic N) is 3. The second-order valence-electron chi connectivity index (χ2n) is 5.53. The van der Waals surface area contributed by atoms with Gasteiger partial charge >= 0.3 is 0 Å². The van der Waals surface area contributed by atoms with Crippen molar-refractivity contribution in [2.45, 2.75) is 43.5 Å². The molecule has 2 aliphatic rings. The Balaban J connectivity index is 1.62. The average Bonchev–Trinajstić information content (AvgIpc) is 3.09. The number of rotatable bonds is 6. The van der Waals surface area contributed by atoms with Crippen LogP contribution in [0, 0.1) is 0 Å². The third kappa shape index (κ3) is 3.24. The van der Waals surface area contributed by atoms with Crippen molar-refractivity contribution >= 4 is 0 Å². The monoisotopic (exact) mass is 305 g/mol. The molecule has 2 saturated heterocycles. The molecule has 0 saturated carbocycles. The summed E-state index contributed by atoms with van der Waals surface area (Å²) in [5, 5.41) is 13.0. The fourth-order valence-corrected chi connectivity index (χ4v) is 3.06. The van der Waals surface area contributed by atoms with Gasteiger partial charge in [0.15, 0.2) is 0 Å². The third-order valence-electron chi connectivity index (χ3n) is 4.06. The van der Waals surface area contributed by atoms with Gasteiger partial charge in [-0.2, -0.15) is 0 Å². The van der Waals surface area contributed by atoms with E-state index in [9.17, 15) is 5.11 Å². The van der Waals surface area contributed by atoms with Gasteiger partial charge in [0, 0.05) is 11.3 Å². The van der Waals surface area contributed by atoms with E-state index in [4.69, 9.17) is 19.7 Å². The molecule has 7 nitrogen and oxygen atoms in total. The van der Waals surface area contributed by atoms with Gasteiger partial charge in [0.1, 0.15) is 18.3 Å². The standard InChI is InChI=1S/C15H19N3O4/c16-18-17-7-11-6-12-15(21-11)14(13(8-19)22-12)20-9-10-4-2-1-3-5-10/h1-5,11-15,19H,6-9H2/t11-,12+,13-,14-,15-/m1/s1. The van der Waals surface area contributed by atoms with Crippen molar-refractivity contribution in [2.75, 3.05) is 13.2 Å². The highest BCUT2D eigenvalue weighted by Crippen LogP contribution is 2.36. The van der Waals surface area contributed by atoms with Crippen molar-refractivity contribution < 1.29 is 19.3 Å². The number of hydrogen-bond acceptors (Lipinski definition) is 5. The van der Waals surface area contributed by atoms with Crippen LogP contribution in [0.4, 0.5) is 0 Å². The minimum absolute atomic E-state index is 0.100. The first-order valence-corrected chi connectivity index (χ1v) is 7.40. The summed E-state index contributed by atoms with van der Waals surface area (Å²) in [6.45, 7) is 0.637. The smallest absolute Gasteiger partial charge is 0.115 e. The number of benzene rings is 1. The predicted molar refractivity (Wildman–Crippen MR) is 78.1 cm³/mol. The molecule has 0 spiro atoms. The number of aliphatic hydroxyl groups is 1. The van der Waals surface area contributed by atoms with Gasteiger partial charge < -0.3 is 19.3 Å². The zero-order valence-corrected chi connectivity index (χ0v) is 12.1. The van der Waals surface area contributed by atoms with E-state index >= 15 is 0 Å². The summed E-state index contributed by atoms with van der Waals surface area (Å²) in [7, 11) is 0. The first-order chi connectivity index (χ1) is 10.8. The van der Waals surface area contributed by atoms with Crippen LogP contribution in [0.5, 0.6) is 0 Å². The van der Waals surface area contributed by atoms with E-state index in [1.807, 2.05) is 30.3 Å². The van der Waals surface area contributed by atoms with Crippen LogP contribution in [0.25, 0.3) is 10.4 Å². The molecule has 0 aliphatic carbocycles.